The SMILES string of the molecule is O=C1NC(=O)c2c1cccc2-c1ccc(Cl)cc1C(F)(F)F. The van der Waals surface area contributed by atoms with E-state index >= 15 is 0 Å². The van der Waals surface area contributed by atoms with Gasteiger partial charge >= 0.3 is 6.18 Å². The van der Waals surface area contributed by atoms with E-state index < -0.39 is 23.6 Å². The summed E-state index contributed by atoms with van der Waals surface area (Å²) in [4.78, 5) is 23.5. The first-order chi connectivity index (χ1) is 10.3. The highest BCUT2D eigenvalue weighted by Gasteiger charge is 2.36. The number of rotatable bonds is 1. The molecule has 2 aromatic carbocycles. The Bertz CT molecular complexity index is 815. The van der Waals surface area contributed by atoms with Crippen LogP contribution in [0.5, 0.6) is 0 Å². The van der Waals surface area contributed by atoms with E-state index in [1.807, 2.05) is 0 Å². The summed E-state index contributed by atoms with van der Waals surface area (Å²) < 4.78 is 39.6. The average molecular weight is 326 g/mol. The van der Waals surface area contributed by atoms with Crippen LogP contribution in [0.15, 0.2) is 36.4 Å². The number of fused-ring (bicyclic) bond motifs is 1. The molecule has 2 amide bonds. The van der Waals surface area contributed by atoms with Crippen LogP contribution in [0, 0.1) is 0 Å². The van der Waals surface area contributed by atoms with Gasteiger partial charge in [0.2, 0.25) is 0 Å². The molecular formula is C15H7ClF3NO2. The van der Waals surface area contributed by atoms with Crippen LogP contribution < -0.4 is 5.32 Å². The molecule has 0 spiro atoms. The Labute approximate surface area is 127 Å². The lowest BCUT2D eigenvalue weighted by Gasteiger charge is -2.15. The highest BCUT2D eigenvalue weighted by molar-refractivity contribution is 6.30. The standard InChI is InChI=1S/C15H7ClF3NO2/c16-7-4-5-8(11(6-7)15(17,18)19)9-2-1-3-10-12(9)14(22)20-13(10)21/h1-6H,(H,20,21,22). The number of benzene rings is 2. The van der Waals surface area contributed by atoms with E-state index in [9.17, 15) is 22.8 Å². The van der Waals surface area contributed by atoms with Crippen LogP contribution in [0.2, 0.25) is 5.02 Å². The van der Waals surface area contributed by atoms with Crippen molar-refractivity contribution in [3.05, 3.63) is 58.1 Å². The maximum absolute atomic E-state index is 13.2. The lowest BCUT2D eigenvalue weighted by Crippen LogP contribution is -2.20. The van der Waals surface area contributed by atoms with E-state index in [1.165, 1.54) is 30.3 Å². The maximum Gasteiger partial charge on any atom is 0.417 e. The van der Waals surface area contributed by atoms with Gasteiger partial charge in [-0.15, -0.1) is 0 Å². The van der Waals surface area contributed by atoms with E-state index in [2.05, 4.69) is 5.32 Å². The fraction of sp³-hybridized carbons (Fsp3) is 0.0667. The first-order valence-electron chi connectivity index (χ1n) is 6.15. The Morgan fingerprint density at radius 2 is 1.59 bits per heavy atom. The molecule has 22 heavy (non-hydrogen) atoms. The number of amides is 2. The number of hydrogen-bond acceptors (Lipinski definition) is 2. The molecule has 1 N–H and O–H groups in total. The zero-order valence-electron chi connectivity index (χ0n) is 10.8. The second kappa shape index (κ2) is 4.84. The fourth-order valence-electron chi connectivity index (χ4n) is 2.43. The van der Waals surface area contributed by atoms with Crippen LogP contribution in [0.25, 0.3) is 11.1 Å². The number of hydrogen-bond donors (Lipinski definition) is 1. The zero-order valence-corrected chi connectivity index (χ0v) is 11.5. The summed E-state index contributed by atoms with van der Waals surface area (Å²) in [6.07, 6.45) is -4.64. The summed E-state index contributed by atoms with van der Waals surface area (Å²) in [5.41, 5.74) is -1.10. The Morgan fingerprint density at radius 1 is 0.909 bits per heavy atom. The summed E-state index contributed by atoms with van der Waals surface area (Å²) in [5.74, 6) is -1.33. The number of carbonyl (C=O) groups excluding carboxylic acids is 2. The van der Waals surface area contributed by atoms with Crippen LogP contribution in [0.3, 0.4) is 0 Å². The minimum atomic E-state index is -4.64. The van der Waals surface area contributed by atoms with Crippen molar-refractivity contribution < 1.29 is 22.8 Å². The first-order valence-corrected chi connectivity index (χ1v) is 6.52. The van der Waals surface area contributed by atoms with Gasteiger partial charge in [-0.1, -0.05) is 29.8 Å². The van der Waals surface area contributed by atoms with Gasteiger partial charge in [-0.3, -0.25) is 14.9 Å². The van der Waals surface area contributed by atoms with Crippen LogP contribution in [0.4, 0.5) is 13.2 Å². The van der Waals surface area contributed by atoms with Crippen molar-refractivity contribution in [1.29, 1.82) is 0 Å². The Kier molecular flexibility index (Phi) is 3.21. The number of imide groups is 1. The molecule has 0 aliphatic carbocycles. The molecule has 0 aromatic heterocycles. The molecule has 1 aliphatic rings. The van der Waals surface area contributed by atoms with Gasteiger partial charge in [0.25, 0.3) is 11.8 Å². The molecule has 7 heteroatoms. The van der Waals surface area contributed by atoms with Crippen LogP contribution in [0.1, 0.15) is 26.3 Å². The topological polar surface area (TPSA) is 46.2 Å². The predicted molar refractivity (Wildman–Crippen MR) is 73.7 cm³/mol. The minimum Gasteiger partial charge on any atom is -0.288 e. The van der Waals surface area contributed by atoms with Crippen molar-refractivity contribution in [2.75, 3.05) is 0 Å². The second-order valence-electron chi connectivity index (χ2n) is 4.70. The van der Waals surface area contributed by atoms with E-state index in [0.717, 1.165) is 6.07 Å². The molecule has 0 saturated heterocycles. The van der Waals surface area contributed by atoms with Gasteiger partial charge in [-0.25, -0.2) is 0 Å². The van der Waals surface area contributed by atoms with Gasteiger partial charge in [-0.05, 0) is 29.3 Å². The Balaban J connectivity index is 2.31. The number of halogens is 4. The summed E-state index contributed by atoms with van der Waals surface area (Å²) in [7, 11) is 0. The maximum atomic E-state index is 13.2. The van der Waals surface area contributed by atoms with E-state index in [-0.39, 0.29) is 27.3 Å². The van der Waals surface area contributed by atoms with Crippen molar-refractivity contribution in [3.63, 3.8) is 0 Å². The summed E-state index contributed by atoms with van der Waals surface area (Å²) in [6.45, 7) is 0. The van der Waals surface area contributed by atoms with Gasteiger partial charge < -0.3 is 0 Å². The van der Waals surface area contributed by atoms with Crippen molar-refractivity contribution in [3.8, 4) is 11.1 Å². The van der Waals surface area contributed by atoms with E-state index in [4.69, 9.17) is 11.6 Å². The molecule has 1 aliphatic heterocycles. The van der Waals surface area contributed by atoms with Crippen LogP contribution >= 0.6 is 11.6 Å². The predicted octanol–water partition coefficient (Wildman–Crippen LogP) is 3.91. The molecule has 0 fully saturated rings. The highest BCUT2D eigenvalue weighted by Crippen LogP contribution is 2.40. The molecular weight excluding hydrogens is 319 g/mol. The van der Waals surface area contributed by atoms with Crippen LogP contribution in [-0.4, -0.2) is 11.8 Å². The number of nitrogens with one attached hydrogen (secondary N) is 1. The summed E-state index contributed by atoms with van der Waals surface area (Å²) in [5, 5.41) is 2.01. The van der Waals surface area contributed by atoms with E-state index in [0.29, 0.717) is 0 Å². The minimum absolute atomic E-state index is 0.0461. The van der Waals surface area contributed by atoms with Gasteiger partial charge in [0.1, 0.15) is 0 Å². The molecule has 0 unspecified atom stereocenters. The molecule has 0 radical (unpaired) electrons. The monoisotopic (exact) mass is 325 g/mol. The molecule has 1 heterocycles. The Hall–Kier alpha value is -2.34. The third-order valence-corrected chi connectivity index (χ3v) is 3.58. The van der Waals surface area contributed by atoms with Gasteiger partial charge in [0.15, 0.2) is 0 Å². The van der Waals surface area contributed by atoms with Crippen molar-refractivity contribution in [1.82, 2.24) is 5.32 Å². The third kappa shape index (κ3) is 2.25. The Morgan fingerprint density at radius 3 is 2.27 bits per heavy atom. The normalized spacial score (nSPS) is 14.0. The quantitative estimate of drug-likeness (QED) is 0.808. The van der Waals surface area contributed by atoms with Gasteiger partial charge in [0.05, 0.1) is 16.7 Å². The molecule has 0 saturated carbocycles. The molecule has 2 aromatic rings. The average Bonchev–Trinajstić information content (AvgIpc) is 2.73. The first kappa shape index (κ1) is 14.6. The van der Waals surface area contributed by atoms with Crippen molar-refractivity contribution in [2.24, 2.45) is 0 Å². The molecule has 3 nitrogen and oxygen atoms in total. The van der Waals surface area contributed by atoms with Gasteiger partial charge in [0, 0.05) is 5.02 Å². The molecule has 3 rings (SSSR count). The van der Waals surface area contributed by atoms with E-state index in [1.54, 1.807) is 0 Å². The zero-order chi connectivity index (χ0) is 16.1. The lowest BCUT2D eigenvalue weighted by molar-refractivity contribution is -0.137. The van der Waals surface area contributed by atoms with Crippen molar-refractivity contribution >= 4 is 23.4 Å². The largest absolute Gasteiger partial charge is 0.417 e. The molecule has 0 bridgehead atoms. The smallest absolute Gasteiger partial charge is 0.288 e. The van der Waals surface area contributed by atoms with Gasteiger partial charge in [-0.2, -0.15) is 13.2 Å². The molecule has 112 valence electrons. The fourth-order valence-corrected chi connectivity index (χ4v) is 2.60. The lowest BCUT2D eigenvalue weighted by atomic mass is 9.93. The summed E-state index contributed by atoms with van der Waals surface area (Å²) in [6, 6.07) is 7.49. The second-order valence-corrected chi connectivity index (χ2v) is 5.14. The number of carbonyl (C=O) groups is 2. The van der Waals surface area contributed by atoms with Crippen LogP contribution in [-0.2, 0) is 6.18 Å². The molecule has 0 atom stereocenters. The summed E-state index contributed by atoms with van der Waals surface area (Å²) >= 11 is 5.65. The third-order valence-electron chi connectivity index (χ3n) is 3.34. The number of alkyl halides is 3. The highest BCUT2D eigenvalue weighted by atomic mass is 35.5. The van der Waals surface area contributed by atoms with Crippen molar-refractivity contribution in [2.45, 2.75) is 6.18 Å².